The zero-order chi connectivity index (χ0) is 12.7. The van der Waals surface area contributed by atoms with Gasteiger partial charge in [0.05, 0.1) is 0 Å². The van der Waals surface area contributed by atoms with Crippen molar-refractivity contribution in [3.63, 3.8) is 0 Å². The van der Waals surface area contributed by atoms with Crippen LogP contribution in [0.4, 0.5) is 0 Å². The smallest absolute Gasteiger partial charge is 0.226 e. The molecule has 1 fully saturated rings. The van der Waals surface area contributed by atoms with E-state index in [9.17, 15) is 4.79 Å². The lowest BCUT2D eigenvalue weighted by Crippen LogP contribution is -2.46. The minimum atomic E-state index is 0. The molecule has 18 heavy (non-hydrogen) atoms. The van der Waals surface area contributed by atoms with Crippen molar-refractivity contribution in [1.82, 2.24) is 10.2 Å². The maximum absolute atomic E-state index is 12.3. The molecule has 0 aliphatic carbocycles. The molecular formula is C14H25ClN2O. The lowest BCUT2D eigenvalue weighted by molar-refractivity contribution is -0.136. The van der Waals surface area contributed by atoms with Crippen LogP contribution in [0.15, 0.2) is 25.3 Å². The third kappa shape index (κ3) is 4.83. The van der Waals surface area contributed by atoms with Gasteiger partial charge in [-0.1, -0.05) is 12.2 Å². The Hall–Kier alpha value is -0.800. The third-order valence-electron chi connectivity index (χ3n) is 3.46. The Morgan fingerprint density at radius 3 is 2.28 bits per heavy atom. The summed E-state index contributed by atoms with van der Waals surface area (Å²) in [5, 5.41) is 3.32. The average molecular weight is 273 g/mol. The number of nitrogens with one attached hydrogen (secondary N) is 1. The fraction of sp³-hybridized carbons (Fsp3) is 0.643. The number of carbonyl (C=O) groups excluding carboxylic acids is 1. The van der Waals surface area contributed by atoms with Crippen molar-refractivity contribution >= 4 is 18.3 Å². The monoisotopic (exact) mass is 272 g/mol. The zero-order valence-corrected chi connectivity index (χ0v) is 12.0. The number of carbonyl (C=O) groups is 1. The van der Waals surface area contributed by atoms with Crippen molar-refractivity contribution in [2.45, 2.75) is 31.7 Å². The molecule has 1 saturated heterocycles. The van der Waals surface area contributed by atoms with E-state index in [1.165, 1.54) is 0 Å². The van der Waals surface area contributed by atoms with E-state index in [0.717, 1.165) is 38.8 Å². The quantitative estimate of drug-likeness (QED) is 0.753. The molecule has 4 heteroatoms. The van der Waals surface area contributed by atoms with Crippen LogP contribution in [0.3, 0.4) is 0 Å². The molecule has 0 saturated carbocycles. The Labute approximate surface area is 117 Å². The average Bonchev–Trinajstić information content (AvgIpc) is 2.38. The number of piperidine rings is 1. The van der Waals surface area contributed by atoms with E-state index in [1.807, 2.05) is 24.1 Å². The number of allylic oxidation sites excluding steroid dienone is 2. The molecule has 104 valence electrons. The minimum Gasteiger partial charge on any atom is -0.342 e. The SMILES string of the molecule is C=CCC(CC=C)C(=O)N(C)C1CCNCC1.Cl. The third-order valence-corrected chi connectivity index (χ3v) is 3.46. The minimum absolute atomic E-state index is 0. The molecule has 1 heterocycles. The molecular weight excluding hydrogens is 248 g/mol. The van der Waals surface area contributed by atoms with E-state index < -0.39 is 0 Å². The first-order valence-electron chi connectivity index (χ1n) is 6.39. The molecule has 1 aliphatic rings. The molecule has 3 nitrogen and oxygen atoms in total. The van der Waals surface area contributed by atoms with Crippen LogP contribution < -0.4 is 5.32 Å². The van der Waals surface area contributed by atoms with Crippen LogP contribution >= 0.6 is 12.4 Å². The first-order valence-corrected chi connectivity index (χ1v) is 6.39. The van der Waals surface area contributed by atoms with Gasteiger partial charge in [0.2, 0.25) is 5.91 Å². The molecule has 0 spiro atoms. The number of halogens is 1. The first-order chi connectivity index (χ1) is 8.20. The first kappa shape index (κ1) is 17.2. The number of rotatable bonds is 6. The van der Waals surface area contributed by atoms with Gasteiger partial charge in [-0.25, -0.2) is 0 Å². The Kier molecular flexibility index (Phi) is 8.77. The van der Waals surface area contributed by atoms with E-state index in [0.29, 0.717) is 6.04 Å². The maximum Gasteiger partial charge on any atom is 0.226 e. The zero-order valence-electron chi connectivity index (χ0n) is 11.2. The number of nitrogens with zero attached hydrogens (tertiary/aromatic N) is 1. The van der Waals surface area contributed by atoms with Gasteiger partial charge in [-0.05, 0) is 38.8 Å². The molecule has 0 aromatic carbocycles. The second-order valence-corrected chi connectivity index (χ2v) is 4.68. The van der Waals surface area contributed by atoms with Gasteiger partial charge < -0.3 is 10.2 Å². The van der Waals surface area contributed by atoms with Gasteiger partial charge >= 0.3 is 0 Å². The van der Waals surface area contributed by atoms with Crippen molar-refractivity contribution in [1.29, 1.82) is 0 Å². The topological polar surface area (TPSA) is 32.3 Å². The highest BCUT2D eigenvalue weighted by Gasteiger charge is 2.26. The molecule has 0 unspecified atom stereocenters. The molecule has 0 radical (unpaired) electrons. The Bertz CT molecular complexity index is 265. The number of hydrogen-bond acceptors (Lipinski definition) is 2. The highest BCUT2D eigenvalue weighted by atomic mass is 35.5. The highest BCUT2D eigenvalue weighted by molar-refractivity contribution is 5.85. The molecule has 0 bridgehead atoms. The van der Waals surface area contributed by atoms with Crippen molar-refractivity contribution in [2.75, 3.05) is 20.1 Å². The number of hydrogen-bond donors (Lipinski definition) is 1. The molecule has 1 amide bonds. The summed E-state index contributed by atoms with van der Waals surface area (Å²) >= 11 is 0. The van der Waals surface area contributed by atoms with Crippen molar-refractivity contribution in [3.8, 4) is 0 Å². The van der Waals surface area contributed by atoms with Crippen LogP contribution in [0.25, 0.3) is 0 Å². The van der Waals surface area contributed by atoms with Gasteiger partial charge in [0.1, 0.15) is 0 Å². The highest BCUT2D eigenvalue weighted by Crippen LogP contribution is 2.18. The van der Waals surface area contributed by atoms with E-state index >= 15 is 0 Å². The van der Waals surface area contributed by atoms with Gasteiger partial charge in [-0.2, -0.15) is 0 Å². The van der Waals surface area contributed by atoms with E-state index in [2.05, 4.69) is 18.5 Å². The van der Waals surface area contributed by atoms with E-state index in [4.69, 9.17) is 0 Å². The van der Waals surface area contributed by atoms with Gasteiger partial charge in [-0.3, -0.25) is 4.79 Å². The predicted molar refractivity (Wildman–Crippen MR) is 79.0 cm³/mol. The summed E-state index contributed by atoms with van der Waals surface area (Å²) in [5.41, 5.74) is 0. The fourth-order valence-electron chi connectivity index (χ4n) is 2.36. The molecule has 1 N–H and O–H groups in total. The molecule has 1 aliphatic heterocycles. The second kappa shape index (κ2) is 9.17. The predicted octanol–water partition coefficient (Wildman–Crippen LogP) is 2.39. The molecule has 0 aromatic rings. The van der Waals surface area contributed by atoms with Crippen LogP contribution in [0.5, 0.6) is 0 Å². The van der Waals surface area contributed by atoms with Gasteiger partial charge in [0.15, 0.2) is 0 Å². The molecule has 1 rings (SSSR count). The standard InChI is InChI=1S/C14H24N2O.ClH/c1-4-6-12(7-5-2)14(17)16(3)13-8-10-15-11-9-13;/h4-5,12-13,15H,1-2,6-11H2,3H3;1H. The summed E-state index contributed by atoms with van der Waals surface area (Å²) in [7, 11) is 1.93. The van der Waals surface area contributed by atoms with Gasteiger partial charge in [0, 0.05) is 19.0 Å². The Morgan fingerprint density at radius 1 is 1.33 bits per heavy atom. The summed E-state index contributed by atoms with van der Waals surface area (Å²) in [4.78, 5) is 14.3. The lowest BCUT2D eigenvalue weighted by atomic mass is 9.97. The molecule has 0 atom stereocenters. The summed E-state index contributed by atoms with van der Waals surface area (Å²) in [5.74, 6) is 0.251. The van der Waals surface area contributed by atoms with E-state index in [-0.39, 0.29) is 24.2 Å². The van der Waals surface area contributed by atoms with Crippen molar-refractivity contribution in [2.24, 2.45) is 5.92 Å². The number of amides is 1. The lowest BCUT2D eigenvalue weighted by Gasteiger charge is -2.33. The van der Waals surface area contributed by atoms with Crippen molar-refractivity contribution in [3.05, 3.63) is 25.3 Å². The summed E-state index contributed by atoms with van der Waals surface area (Å²) in [6, 6.07) is 0.390. The Morgan fingerprint density at radius 2 is 1.83 bits per heavy atom. The van der Waals surface area contributed by atoms with E-state index in [1.54, 1.807) is 0 Å². The van der Waals surface area contributed by atoms with Gasteiger partial charge in [0.25, 0.3) is 0 Å². The summed E-state index contributed by atoms with van der Waals surface area (Å²) < 4.78 is 0. The van der Waals surface area contributed by atoms with Crippen LogP contribution in [-0.2, 0) is 4.79 Å². The largest absolute Gasteiger partial charge is 0.342 e. The van der Waals surface area contributed by atoms with Crippen LogP contribution in [0, 0.1) is 5.92 Å². The molecule has 0 aromatic heterocycles. The Balaban J connectivity index is 0.00000289. The van der Waals surface area contributed by atoms with Crippen LogP contribution in [0.2, 0.25) is 0 Å². The normalized spacial score (nSPS) is 15.9. The summed E-state index contributed by atoms with van der Waals surface area (Å²) in [6.45, 7) is 9.46. The maximum atomic E-state index is 12.3. The van der Waals surface area contributed by atoms with Crippen LogP contribution in [0.1, 0.15) is 25.7 Å². The fourth-order valence-corrected chi connectivity index (χ4v) is 2.36. The van der Waals surface area contributed by atoms with Crippen molar-refractivity contribution < 1.29 is 4.79 Å². The summed E-state index contributed by atoms with van der Waals surface area (Å²) in [6.07, 6.45) is 7.22. The second-order valence-electron chi connectivity index (χ2n) is 4.68. The van der Waals surface area contributed by atoms with Gasteiger partial charge in [-0.15, -0.1) is 25.6 Å². The van der Waals surface area contributed by atoms with Crippen LogP contribution in [-0.4, -0.2) is 37.0 Å².